The summed E-state index contributed by atoms with van der Waals surface area (Å²) >= 11 is 13.1. The van der Waals surface area contributed by atoms with Crippen molar-refractivity contribution in [3.8, 4) is 5.75 Å². The van der Waals surface area contributed by atoms with E-state index in [0.717, 1.165) is 22.0 Å². The Labute approximate surface area is 291 Å². The summed E-state index contributed by atoms with van der Waals surface area (Å²) in [6, 6.07) is 23.6. The molecule has 0 aliphatic carbocycles. The van der Waals surface area contributed by atoms with Crippen molar-refractivity contribution in [2.45, 2.75) is 44.7 Å². The highest BCUT2D eigenvalue weighted by atomic mass is 35.5. The van der Waals surface area contributed by atoms with Crippen LogP contribution in [0.3, 0.4) is 0 Å². The molecular formula is C36H38Cl2FN3O5S. The highest BCUT2D eigenvalue weighted by molar-refractivity contribution is 7.92. The molecule has 4 aromatic carbocycles. The predicted molar refractivity (Wildman–Crippen MR) is 187 cm³/mol. The lowest BCUT2D eigenvalue weighted by atomic mass is 10.0. The molecule has 1 atom stereocenters. The molecule has 0 saturated carbocycles. The molecule has 254 valence electrons. The third-order valence-corrected chi connectivity index (χ3v) is 9.96. The Morgan fingerprint density at radius 3 is 2.08 bits per heavy atom. The Kier molecular flexibility index (Phi) is 12.9. The minimum atomic E-state index is -4.39. The van der Waals surface area contributed by atoms with E-state index < -0.39 is 40.2 Å². The number of carbonyl (C=O) groups is 2. The lowest BCUT2D eigenvalue weighted by molar-refractivity contribution is -0.140. The van der Waals surface area contributed by atoms with E-state index in [0.29, 0.717) is 24.5 Å². The topological polar surface area (TPSA) is 96.0 Å². The fourth-order valence-corrected chi connectivity index (χ4v) is 6.90. The normalized spacial score (nSPS) is 12.0. The number of amides is 2. The molecule has 0 spiro atoms. The molecule has 0 saturated heterocycles. The molecule has 1 N–H and O–H groups in total. The number of sulfonamides is 1. The van der Waals surface area contributed by atoms with Gasteiger partial charge in [-0.25, -0.2) is 12.8 Å². The number of ether oxygens (including phenoxy) is 1. The lowest BCUT2D eigenvalue weighted by Crippen LogP contribution is -2.53. The van der Waals surface area contributed by atoms with E-state index in [4.69, 9.17) is 27.9 Å². The van der Waals surface area contributed by atoms with Crippen molar-refractivity contribution in [1.82, 2.24) is 10.2 Å². The number of anilines is 1. The molecular weight excluding hydrogens is 676 g/mol. The predicted octanol–water partition coefficient (Wildman–Crippen LogP) is 7.14. The maximum atomic E-state index is 14.6. The van der Waals surface area contributed by atoms with Gasteiger partial charge < -0.3 is 15.0 Å². The first-order valence-corrected chi connectivity index (χ1v) is 17.7. The van der Waals surface area contributed by atoms with Crippen LogP contribution in [0, 0.1) is 11.7 Å². The first-order valence-electron chi connectivity index (χ1n) is 15.5. The van der Waals surface area contributed by atoms with E-state index >= 15 is 0 Å². The summed E-state index contributed by atoms with van der Waals surface area (Å²) in [7, 11) is -4.39. The minimum Gasteiger partial charge on any atom is -0.494 e. The van der Waals surface area contributed by atoms with Crippen molar-refractivity contribution in [3.05, 3.63) is 124 Å². The van der Waals surface area contributed by atoms with E-state index in [1.807, 2.05) is 51.1 Å². The molecule has 2 amide bonds. The van der Waals surface area contributed by atoms with Gasteiger partial charge in [0.1, 0.15) is 24.2 Å². The Morgan fingerprint density at radius 1 is 0.875 bits per heavy atom. The van der Waals surface area contributed by atoms with Crippen LogP contribution in [0.2, 0.25) is 10.0 Å². The van der Waals surface area contributed by atoms with E-state index in [2.05, 4.69) is 5.32 Å². The number of halogens is 3. The Morgan fingerprint density at radius 2 is 1.50 bits per heavy atom. The van der Waals surface area contributed by atoms with Gasteiger partial charge in [0.2, 0.25) is 11.8 Å². The summed E-state index contributed by atoms with van der Waals surface area (Å²) in [6.07, 6.45) is 0.126. The van der Waals surface area contributed by atoms with Crippen molar-refractivity contribution >= 4 is 50.7 Å². The molecule has 0 bridgehead atoms. The van der Waals surface area contributed by atoms with Crippen molar-refractivity contribution in [3.63, 3.8) is 0 Å². The summed E-state index contributed by atoms with van der Waals surface area (Å²) in [4.78, 5) is 29.7. The number of nitrogens with one attached hydrogen (secondary N) is 1. The molecule has 0 aliphatic heterocycles. The highest BCUT2D eigenvalue weighted by Gasteiger charge is 2.35. The summed E-state index contributed by atoms with van der Waals surface area (Å²) in [5.41, 5.74) is 1.23. The number of nitrogens with zero attached hydrogens (tertiary/aromatic N) is 2. The van der Waals surface area contributed by atoms with Crippen molar-refractivity contribution in [2.24, 2.45) is 5.92 Å². The van der Waals surface area contributed by atoms with Crippen LogP contribution >= 0.6 is 23.2 Å². The summed E-state index contributed by atoms with van der Waals surface area (Å²) < 4.78 is 48.7. The zero-order valence-electron chi connectivity index (χ0n) is 26.9. The lowest BCUT2D eigenvalue weighted by Gasteiger charge is -2.34. The zero-order chi connectivity index (χ0) is 34.8. The number of rotatable bonds is 15. The molecule has 0 aromatic heterocycles. The van der Waals surface area contributed by atoms with Crippen LogP contribution in [-0.4, -0.2) is 50.9 Å². The zero-order valence-corrected chi connectivity index (χ0v) is 29.2. The third kappa shape index (κ3) is 9.49. The Balaban J connectivity index is 1.82. The van der Waals surface area contributed by atoms with E-state index in [1.165, 1.54) is 41.3 Å². The van der Waals surface area contributed by atoms with Crippen molar-refractivity contribution < 1.29 is 27.1 Å². The number of carbonyl (C=O) groups excluding carboxylic acids is 2. The SMILES string of the molecule is CCOc1ccc(S(=O)(=O)N(CC(=O)N(Cc2c(Cl)cccc2Cl)C(Cc2ccccc2)C(=O)NCC(C)C)c2ccc(F)cc2)cc1. The average Bonchev–Trinajstić information content (AvgIpc) is 3.06. The molecule has 0 heterocycles. The van der Waals surface area contributed by atoms with E-state index in [1.54, 1.807) is 18.2 Å². The van der Waals surface area contributed by atoms with Gasteiger partial charge in [-0.05, 0) is 79.1 Å². The van der Waals surface area contributed by atoms with Gasteiger partial charge in [-0.1, -0.05) is 73.4 Å². The molecule has 48 heavy (non-hydrogen) atoms. The maximum Gasteiger partial charge on any atom is 0.264 e. The summed E-state index contributed by atoms with van der Waals surface area (Å²) in [5, 5.41) is 3.48. The second kappa shape index (κ2) is 16.8. The maximum absolute atomic E-state index is 14.6. The van der Waals surface area contributed by atoms with Gasteiger partial charge >= 0.3 is 0 Å². The second-order valence-electron chi connectivity index (χ2n) is 11.5. The standard InChI is InChI=1S/C36H38Cl2FN3O5S/c1-4-47-29-17-19-30(20-18-29)48(45,46)42(28-15-13-27(39)14-16-28)24-35(43)41(23-31-32(37)11-8-12-33(31)38)34(36(44)40-22-25(2)3)21-26-9-6-5-7-10-26/h5-20,25,34H,4,21-24H2,1-3H3,(H,40,44). The fraction of sp³-hybridized carbons (Fsp3) is 0.278. The fourth-order valence-electron chi connectivity index (χ4n) is 4.97. The third-order valence-electron chi connectivity index (χ3n) is 7.46. The van der Waals surface area contributed by atoms with E-state index in [-0.39, 0.29) is 39.5 Å². The van der Waals surface area contributed by atoms with E-state index in [9.17, 15) is 22.4 Å². The first kappa shape index (κ1) is 36.7. The van der Waals surface area contributed by atoms with Gasteiger partial charge in [0.25, 0.3) is 10.0 Å². The molecule has 0 radical (unpaired) electrons. The molecule has 0 fully saturated rings. The van der Waals surface area contributed by atoms with Gasteiger partial charge in [-0.15, -0.1) is 0 Å². The molecule has 0 aliphatic rings. The molecule has 4 rings (SSSR count). The van der Waals surface area contributed by atoms with Crippen LogP contribution in [0.5, 0.6) is 5.75 Å². The smallest absolute Gasteiger partial charge is 0.264 e. The van der Waals surface area contributed by atoms with Crippen LogP contribution in [0.1, 0.15) is 31.9 Å². The van der Waals surface area contributed by atoms with Gasteiger partial charge in [0.05, 0.1) is 17.2 Å². The van der Waals surface area contributed by atoms with Crippen molar-refractivity contribution in [1.29, 1.82) is 0 Å². The van der Waals surface area contributed by atoms with Crippen LogP contribution in [-0.2, 0) is 32.6 Å². The van der Waals surface area contributed by atoms with Crippen LogP contribution in [0.25, 0.3) is 0 Å². The van der Waals surface area contributed by atoms with Crippen LogP contribution < -0.4 is 14.4 Å². The molecule has 12 heteroatoms. The molecule has 4 aromatic rings. The first-order chi connectivity index (χ1) is 22.9. The van der Waals surface area contributed by atoms with Gasteiger partial charge in [-0.2, -0.15) is 0 Å². The minimum absolute atomic E-state index is 0.0539. The number of benzene rings is 4. The van der Waals surface area contributed by atoms with Gasteiger partial charge in [0.15, 0.2) is 0 Å². The summed E-state index contributed by atoms with van der Waals surface area (Å²) in [5.74, 6) is -1.11. The Bertz CT molecular complexity index is 1770. The molecule has 1 unspecified atom stereocenters. The van der Waals surface area contributed by atoms with Gasteiger partial charge in [-0.3, -0.25) is 13.9 Å². The number of hydrogen-bond donors (Lipinski definition) is 1. The average molecular weight is 715 g/mol. The highest BCUT2D eigenvalue weighted by Crippen LogP contribution is 2.29. The largest absolute Gasteiger partial charge is 0.494 e. The van der Waals surface area contributed by atoms with Gasteiger partial charge in [0, 0.05) is 35.1 Å². The van der Waals surface area contributed by atoms with Crippen LogP contribution in [0.4, 0.5) is 10.1 Å². The quantitative estimate of drug-likeness (QED) is 0.141. The Hall–Kier alpha value is -4.12. The monoisotopic (exact) mass is 713 g/mol. The number of hydrogen-bond acceptors (Lipinski definition) is 5. The summed E-state index contributed by atoms with van der Waals surface area (Å²) in [6.45, 7) is 5.55. The second-order valence-corrected chi connectivity index (χ2v) is 14.1. The molecule has 8 nitrogen and oxygen atoms in total. The van der Waals surface area contributed by atoms with Crippen molar-refractivity contribution in [2.75, 3.05) is 24.0 Å². The van der Waals surface area contributed by atoms with Crippen LogP contribution in [0.15, 0.2) is 102 Å².